The smallest absolute Gasteiger partial charge is 0.333 e. The summed E-state index contributed by atoms with van der Waals surface area (Å²) in [4.78, 5) is 0. The molecule has 0 radical (unpaired) electrons. The van der Waals surface area contributed by atoms with E-state index in [0.717, 1.165) is 25.7 Å². The van der Waals surface area contributed by atoms with Crippen LogP contribution in [-0.4, -0.2) is 35.5 Å². The number of hydrogen-bond donors (Lipinski definition) is 1. The van der Waals surface area contributed by atoms with Gasteiger partial charge in [-0.3, -0.25) is 4.57 Å². The van der Waals surface area contributed by atoms with Crippen molar-refractivity contribution in [1.82, 2.24) is 0 Å². The lowest BCUT2D eigenvalue weighted by atomic mass is 9.75. The third-order valence-electron chi connectivity index (χ3n) is 7.13. The summed E-state index contributed by atoms with van der Waals surface area (Å²) in [5.41, 5.74) is 0. The van der Waals surface area contributed by atoms with Gasteiger partial charge in [-0.15, -0.1) is 11.6 Å². The van der Waals surface area contributed by atoms with Crippen molar-refractivity contribution in [2.75, 3.05) is 12.0 Å². The Labute approximate surface area is 184 Å². The van der Waals surface area contributed by atoms with Gasteiger partial charge < -0.3 is 14.2 Å². The Morgan fingerprint density at radius 3 is 1.66 bits per heavy atom. The van der Waals surface area contributed by atoms with Crippen LogP contribution < -0.4 is 0 Å². The number of halogens is 1. The van der Waals surface area contributed by atoms with E-state index in [4.69, 9.17) is 20.6 Å². The molecule has 0 saturated heterocycles. The van der Waals surface area contributed by atoms with Gasteiger partial charge in [0.2, 0.25) is 0 Å². The van der Waals surface area contributed by atoms with E-state index in [1.54, 1.807) is 0 Å². The Hall–Kier alpha value is 0.400. The predicted octanol–water partition coefficient (Wildman–Crippen LogP) is 6.73. The summed E-state index contributed by atoms with van der Waals surface area (Å²) in [5.74, 6) is 2.85. The van der Waals surface area contributed by atoms with Gasteiger partial charge >= 0.3 is 7.60 Å². The highest BCUT2D eigenvalue weighted by Crippen LogP contribution is 2.56. The molecule has 8 atom stereocenters. The van der Waals surface area contributed by atoms with Gasteiger partial charge in [0.25, 0.3) is 0 Å². The summed E-state index contributed by atoms with van der Waals surface area (Å²) in [6.07, 6.45) is 5.33. The lowest BCUT2D eigenvalue weighted by molar-refractivity contribution is -0.00535. The third-order valence-corrected chi connectivity index (χ3v) is 9.54. The van der Waals surface area contributed by atoms with E-state index in [2.05, 4.69) is 41.5 Å². The van der Waals surface area contributed by atoms with Crippen molar-refractivity contribution >= 4 is 19.2 Å². The van der Waals surface area contributed by atoms with Crippen LogP contribution in [0.25, 0.3) is 0 Å². The van der Waals surface area contributed by atoms with Crippen LogP contribution >= 0.6 is 19.2 Å². The normalized spacial score (nSPS) is 36.9. The molecule has 0 aliphatic heterocycles. The zero-order chi connectivity index (χ0) is 21.8. The minimum atomic E-state index is -3.47. The van der Waals surface area contributed by atoms with Gasteiger partial charge in [-0.2, -0.15) is 0 Å². The summed E-state index contributed by atoms with van der Waals surface area (Å²) in [6, 6.07) is 0. The first-order valence-corrected chi connectivity index (χ1v) is 14.0. The lowest BCUT2D eigenvalue weighted by Gasteiger charge is -2.42. The van der Waals surface area contributed by atoms with Gasteiger partial charge in [0, 0.05) is 5.88 Å². The largest absolute Gasteiger partial charge is 0.391 e. The Bertz CT molecular complexity index is 503. The molecule has 0 aromatic rings. The van der Waals surface area contributed by atoms with E-state index in [9.17, 15) is 9.67 Å². The maximum absolute atomic E-state index is 14.0. The molecule has 2 aliphatic rings. The van der Waals surface area contributed by atoms with E-state index < -0.39 is 13.7 Å². The second-order valence-corrected chi connectivity index (χ2v) is 12.9. The quantitative estimate of drug-likeness (QED) is 0.312. The summed E-state index contributed by atoms with van der Waals surface area (Å²) < 4.78 is 26.8. The van der Waals surface area contributed by atoms with Gasteiger partial charge in [-0.1, -0.05) is 54.4 Å². The van der Waals surface area contributed by atoms with E-state index in [0.29, 0.717) is 35.5 Å². The van der Waals surface area contributed by atoms with Crippen LogP contribution in [-0.2, 0) is 13.6 Å². The van der Waals surface area contributed by atoms with Crippen LogP contribution in [0.15, 0.2) is 0 Å². The maximum atomic E-state index is 14.0. The number of rotatable bonds is 9. The van der Waals surface area contributed by atoms with Crippen LogP contribution in [0.2, 0.25) is 0 Å². The van der Waals surface area contributed by atoms with Crippen molar-refractivity contribution in [3.05, 3.63) is 0 Å². The van der Waals surface area contributed by atoms with Crippen molar-refractivity contribution in [2.45, 2.75) is 98.4 Å². The Morgan fingerprint density at radius 2 is 1.31 bits per heavy atom. The minimum absolute atomic E-state index is 0.0120. The topological polar surface area (TPSA) is 55.8 Å². The van der Waals surface area contributed by atoms with E-state index in [-0.39, 0.29) is 24.2 Å². The first-order chi connectivity index (χ1) is 13.5. The van der Waals surface area contributed by atoms with Crippen LogP contribution in [0.1, 0.15) is 80.1 Å². The highest BCUT2D eigenvalue weighted by Gasteiger charge is 2.42. The highest BCUT2D eigenvalue weighted by atomic mass is 35.5. The van der Waals surface area contributed by atoms with Gasteiger partial charge in [-0.25, -0.2) is 0 Å². The molecule has 2 fully saturated rings. The van der Waals surface area contributed by atoms with Gasteiger partial charge in [0.05, 0.1) is 24.5 Å². The number of aliphatic hydroxyl groups is 1. The summed E-state index contributed by atoms with van der Waals surface area (Å²) in [7, 11) is -3.47. The molecule has 1 unspecified atom stereocenters. The zero-order valence-corrected chi connectivity index (χ0v) is 21.0. The lowest BCUT2D eigenvalue weighted by Crippen LogP contribution is -2.37. The number of aliphatic hydroxyl groups excluding tert-OH is 1. The molecule has 1 N–H and O–H groups in total. The van der Waals surface area contributed by atoms with E-state index in [1.165, 1.54) is 12.8 Å². The molecule has 0 bridgehead atoms. The first-order valence-electron chi connectivity index (χ1n) is 11.7. The van der Waals surface area contributed by atoms with E-state index in [1.807, 2.05) is 0 Å². The molecule has 0 aromatic carbocycles. The average molecular weight is 451 g/mol. The highest BCUT2D eigenvalue weighted by molar-refractivity contribution is 7.53. The number of hydrogen-bond acceptors (Lipinski definition) is 4. The summed E-state index contributed by atoms with van der Waals surface area (Å²) in [5, 5.41) is 10.2. The van der Waals surface area contributed by atoms with Crippen molar-refractivity contribution in [3.8, 4) is 0 Å². The Balaban J connectivity index is 2.23. The average Bonchev–Trinajstić information content (AvgIpc) is 2.60. The minimum Gasteiger partial charge on any atom is -0.391 e. The van der Waals surface area contributed by atoms with Crippen LogP contribution in [0.3, 0.4) is 0 Å². The molecular weight excluding hydrogens is 407 g/mol. The Morgan fingerprint density at radius 1 is 0.897 bits per heavy atom. The van der Waals surface area contributed by atoms with Crippen molar-refractivity contribution in [3.63, 3.8) is 0 Å². The molecule has 6 heteroatoms. The van der Waals surface area contributed by atoms with Crippen LogP contribution in [0, 0.1) is 35.5 Å². The number of alkyl halides is 1. The zero-order valence-electron chi connectivity index (χ0n) is 19.4. The fourth-order valence-electron chi connectivity index (χ4n) is 5.30. The third kappa shape index (κ3) is 7.49. The molecule has 172 valence electrons. The summed E-state index contributed by atoms with van der Waals surface area (Å²) in [6.45, 7) is 13.3. The molecule has 0 heterocycles. The van der Waals surface area contributed by atoms with Crippen molar-refractivity contribution in [2.24, 2.45) is 35.5 Å². The SMILES string of the molecule is CC(C)[C@H]1CC[C@@H](C)C[C@H]1OP(=O)(C[C@H](O)CCl)O[C@@H]1C[C@@H](C)CC[C@@H]1C(C)C. The Kier molecular flexibility index (Phi) is 10.0. The van der Waals surface area contributed by atoms with Gasteiger partial charge in [0.15, 0.2) is 0 Å². The molecule has 4 nitrogen and oxygen atoms in total. The second-order valence-electron chi connectivity index (χ2n) is 10.5. The molecular formula is C23H44ClO4P. The van der Waals surface area contributed by atoms with Crippen LogP contribution in [0.5, 0.6) is 0 Å². The maximum Gasteiger partial charge on any atom is 0.333 e. The molecule has 2 saturated carbocycles. The predicted molar refractivity (Wildman–Crippen MR) is 122 cm³/mol. The standard InChI is InChI=1S/C23H44ClO4P/c1-15(2)20-9-7-17(5)11-22(20)27-29(26,14-19(25)13-24)28-23-12-18(6)8-10-21(23)16(3)4/h15-23,25H,7-14H2,1-6H3/t17-,18+,19-,20-,21-,22-,23-,29?/m1/s1. The van der Waals surface area contributed by atoms with E-state index >= 15 is 0 Å². The second kappa shape index (κ2) is 11.3. The van der Waals surface area contributed by atoms with Gasteiger partial charge in [0.1, 0.15) is 0 Å². The van der Waals surface area contributed by atoms with Gasteiger partial charge in [-0.05, 0) is 61.2 Å². The fourth-order valence-corrected chi connectivity index (χ4v) is 7.74. The fraction of sp³-hybridized carbons (Fsp3) is 1.00. The monoisotopic (exact) mass is 450 g/mol. The molecule has 2 rings (SSSR count). The summed E-state index contributed by atoms with van der Waals surface area (Å²) >= 11 is 5.87. The van der Waals surface area contributed by atoms with Crippen molar-refractivity contribution < 1.29 is 18.7 Å². The van der Waals surface area contributed by atoms with Crippen molar-refractivity contribution in [1.29, 1.82) is 0 Å². The molecule has 2 aliphatic carbocycles. The molecule has 0 spiro atoms. The molecule has 0 amide bonds. The van der Waals surface area contributed by atoms with Crippen LogP contribution in [0.4, 0.5) is 0 Å². The molecule has 0 aromatic heterocycles. The first kappa shape index (κ1) is 25.7. The molecule has 29 heavy (non-hydrogen) atoms.